The van der Waals surface area contributed by atoms with Gasteiger partial charge in [-0.1, -0.05) is 172 Å². The van der Waals surface area contributed by atoms with Crippen LogP contribution < -0.4 is 4.90 Å². The number of hydrogen-bond acceptors (Lipinski definition) is 2. The van der Waals surface area contributed by atoms with E-state index in [2.05, 4.69) is 231 Å². The average molecular weight is 804 g/mol. The number of hydrogen-bond donors (Lipinski definition) is 0. The molecule has 1 heterocycles. The zero-order valence-corrected chi connectivity index (χ0v) is 35.1. The SMILES string of the molecule is CC1(C)c2ccccc2-c2ccc(N(c3ccc(-c4ccc5ccccc5c4)cc3)c3ccccc3-c3cccc4c5ccc6oc7ccccc7c6c5c5ccccc5c34)cc21. The smallest absolute Gasteiger partial charge is 0.136 e. The van der Waals surface area contributed by atoms with Crippen molar-refractivity contribution in [3.05, 3.63) is 223 Å². The molecule has 0 aliphatic heterocycles. The molecule has 1 aliphatic carbocycles. The Kier molecular flexibility index (Phi) is 7.68. The third-order valence-corrected chi connectivity index (χ3v) is 13.8. The van der Waals surface area contributed by atoms with Gasteiger partial charge in [0.1, 0.15) is 11.2 Å². The largest absolute Gasteiger partial charge is 0.456 e. The van der Waals surface area contributed by atoms with Gasteiger partial charge in [-0.3, -0.25) is 0 Å². The first-order valence-corrected chi connectivity index (χ1v) is 21.9. The molecule has 13 rings (SSSR count). The van der Waals surface area contributed by atoms with Gasteiger partial charge in [0.25, 0.3) is 0 Å². The number of fused-ring (bicyclic) bond motifs is 14. The number of para-hydroxylation sites is 2. The Hall–Kier alpha value is -7.94. The van der Waals surface area contributed by atoms with Crippen molar-refractivity contribution in [2.24, 2.45) is 0 Å². The number of benzene rings is 11. The normalized spacial score (nSPS) is 13.0. The van der Waals surface area contributed by atoms with Crippen molar-refractivity contribution in [2.75, 3.05) is 4.90 Å². The minimum atomic E-state index is -0.144. The molecule has 0 radical (unpaired) electrons. The molecular formula is C61H41NO. The summed E-state index contributed by atoms with van der Waals surface area (Å²) in [5, 5.41) is 12.2. The van der Waals surface area contributed by atoms with Crippen molar-refractivity contribution in [2.45, 2.75) is 19.3 Å². The van der Waals surface area contributed by atoms with E-state index in [1.807, 2.05) is 0 Å². The van der Waals surface area contributed by atoms with Gasteiger partial charge in [-0.05, 0) is 131 Å². The van der Waals surface area contributed by atoms with Crippen molar-refractivity contribution < 1.29 is 4.42 Å². The molecule has 0 amide bonds. The van der Waals surface area contributed by atoms with E-state index in [0.717, 1.165) is 33.6 Å². The highest BCUT2D eigenvalue weighted by Gasteiger charge is 2.36. The van der Waals surface area contributed by atoms with E-state index >= 15 is 0 Å². The van der Waals surface area contributed by atoms with Crippen molar-refractivity contribution in [3.63, 3.8) is 0 Å². The summed E-state index contributed by atoms with van der Waals surface area (Å²) >= 11 is 0. The van der Waals surface area contributed by atoms with Crippen LogP contribution in [-0.2, 0) is 5.41 Å². The minimum Gasteiger partial charge on any atom is -0.456 e. The summed E-state index contributed by atoms with van der Waals surface area (Å²) in [6.45, 7) is 4.73. The second kappa shape index (κ2) is 13.5. The van der Waals surface area contributed by atoms with E-state index in [0.29, 0.717) is 0 Å². The topological polar surface area (TPSA) is 16.4 Å². The van der Waals surface area contributed by atoms with Crippen LogP contribution in [0.15, 0.2) is 217 Å². The maximum absolute atomic E-state index is 6.44. The molecule has 0 N–H and O–H groups in total. The number of rotatable bonds is 5. The summed E-state index contributed by atoms with van der Waals surface area (Å²) in [5.41, 5.74) is 15.2. The quantitative estimate of drug-likeness (QED) is 0.161. The van der Waals surface area contributed by atoms with Gasteiger partial charge in [0, 0.05) is 38.5 Å². The van der Waals surface area contributed by atoms with Gasteiger partial charge >= 0.3 is 0 Å². The van der Waals surface area contributed by atoms with Crippen LogP contribution in [0.25, 0.3) is 98.4 Å². The predicted octanol–water partition coefficient (Wildman–Crippen LogP) is 17.3. The van der Waals surface area contributed by atoms with Gasteiger partial charge in [-0.15, -0.1) is 0 Å². The van der Waals surface area contributed by atoms with Crippen LogP contribution in [0.3, 0.4) is 0 Å². The minimum absolute atomic E-state index is 0.144. The molecule has 1 aliphatic rings. The Morgan fingerprint density at radius 2 is 0.952 bits per heavy atom. The molecule has 63 heavy (non-hydrogen) atoms. The van der Waals surface area contributed by atoms with E-state index < -0.39 is 0 Å². The van der Waals surface area contributed by atoms with Gasteiger partial charge < -0.3 is 9.32 Å². The summed E-state index contributed by atoms with van der Waals surface area (Å²) < 4.78 is 6.44. The van der Waals surface area contributed by atoms with Crippen LogP contribution in [0.2, 0.25) is 0 Å². The molecule has 1 aromatic heterocycles. The highest BCUT2D eigenvalue weighted by Crippen LogP contribution is 2.52. The number of anilines is 3. The molecule has 0 bridgehead atoms. The van der Waals surface area contributed by atoms with E-state index in [4.69, 9.17) is 4.42 Å². The van der Waals surface area contributed by atoms with Crippen LogP contribution >= 0.6 is 0 Å². The van der Waals surface area contributed by atoms with Gasteiger partial charge in [0.15, 0.2) is 0 Å². The molecule has 12 aromatic rings. The zero-order chi connectivity index (χ0) is 41.8. The molecule has 0 unspecified atom stereocenters. The Morgan fingerprint density at radius 1 is 0.349 bits per heavy atom. The van der Waals surface area contributed by atoms with Crippen LogP contribution in [0.1, 0.15) is 25.0 Å². The fourth-order valence-electron chi connectivity index (χ4n) is 10.9. The van der Waals surface area contributed by atoms with Crippen LogP contribution in [0.4, 0.5) is 17.1 Å². The molecule has 2 heteroatoms. The Balaban J connectivity index is 1.05. The fourth-order valence-corrected chi connectivity index (χ4v) is 10.9. The number of furan rings is 1. The Morgan fingerprint density at radius 3 is 1.79 bits per heavy atom. The summed E-state index contributed by atoms with van der Waals surface area (Å²) in [6, 6.07) is 78.1. The monoisotopic (exact) mass is 803 g/mol. The van der Waals surface area contributed by atoms with Crippen molar-refractivity contribution in [1.29, 1.82) is 0 Å². The van der Waals surface area contributed by atoms with Crippen LogP contribution in [-0.4, -0.2) is 0 Å². The summed E-state index contributed by atoms with van der Waals surface area (Å²) in [6.07, 6.45) is 0. The molecule has 2 nitrogen and oxygen atoms in total. The molecule has 0 saturated heterocycles. The van der Waals surface area contributed by atoms with Gasteiger partial charge in [0.2, 0.25) is 0 Å². The molecule has 0 atom stereocenters. The zero-order valence-electron chi connectivity index (χ0n) is 35.1. The van der Waals surface area contributed by atoms with E-state index in [1.54, 1.807) is 0 Å². The fraction of sp³-hybridized carbons (Fsp3) is 0.0492. The lowest BCUT2D eigenvalue weighted by molar-refractivity contribution is 0.660. The third kappa shape index (κ3) is 5.31. The molecule has 0 saturated carbocycles. The number of nitrogens with zero attached hydrogens (tertiary/aromatic N) is 1. The van der Waals surface area contributed by atoms with E-state index in [-0.39, 0.29) is 5.41 Å². The van der Waals surface area contributed by atoms with E-state index in [1.165, 1.54) is 93.0 Å². The van der Waals surface area contributed by atoms with Crippen LogP contribution in [0.5, 0.6) is 0 Å². The maximum Gasteiger partial charge on any atom is 0.136 e. The van der Waals surface area contributed by atoms with Gasteiger partial charge in [0.05, 0.1) is 5.69 Å². The lowest BCUT2D eigenvalue weighted by atomic mass is 9.82. The third-order valence-electron chi connectivity index (χ3n) is 13.8. The second-order valence-corrected chi connectivity index (χ2v) is 17.6. The standard InChI is InChI=1S/C61H41NO/c1-61(2)53-23-10-7-16-44(53)45-33-32-43(37-54(45)61)62(42-30-28-39(29-31-42)41-27-26-38-14-3-4-15-40(38)36-41)55-24-11-8-17-46(55)47-21-13-22-49-51-34-35-57-60(52-20-9-12-25-56(52)63-57)59(51)50-19-6-5-18-48(50)58(47)49/h3-37H,1-2H3. The summed E-state index contributed by atoms with van der Waals surface area (Å²) in [5.74, 6) is 0. The van der Waals surface area contributed by atoms with Crippen molar-refractivity contribution in [3.8, 4) is 33.4 Å². The highest BCUT2D eigenvalue weighted by atomic mass is 16.3. The Labute approximate surface area is 365 Å². The molecular weight excluding hydrogens is 763 g/mol. The summed E-state index contributed by atoms with van der Waals surface area (Å²) in [7, 11) is 0. The maximum atomic E-state index is 6.44. The first-order chi connectivity index (χ1) is 31.0. The first kappa shape index (κ1) is 35.8. The second-order valence-electron chi connectivity index (χ2n) is 17.6. The molecule has 296 valence electrons. The average Bonchev–Trinajstić information content (AvgIpc) is 3.83. The highest BCUT2D eigenvalue weighted by molar-refractivity contribution is 6.36. The van der Waals surface area contributed by atoms with Crippen molar-refractivity contribution >= 4 is 82.1 Å². The molecule has 11 aromatic carbocycles. The first-order valence-electron chi connectivity index (χ1n) is 21.9. The molecule has 0 fully saturated rings. The lowest BCUT2D eigenvalue weighted by Crippen LogP contribution is -2.16. The van der Waals surface area contributed by atoms with Gasteiger partial charge in [-0.25, -0.2) is 0 Å². The molecule has 0 spiro atoms. The van der Waals surface area contributed by atoms with Gasteiger partial charge in [-0.2, -0.15) is 0 Å². The van der Waals surface area contributed by atoms with Crippen molar-refractivity contribution in [1.82, 2.24) is 0 Å². The summed E-state index contributed by atoms with van der Waals surface area (Å²) in [4.78, 5) is 2.47. The predicted molar refractivity (Wildman–Crippen MR) is 267 cm³/mol. The lowest BCUT2D eigenvalue weighted by Gasteiger charge is -2.30. The Bertz CT molecular complexity index is 3800. The van der Waals surface area contributed by atoms with Crippen LogP contribution in [0, 0.1) is 0 Å². The van der Waals surface area contributed by atoms with E-state index in [9.17, 15) is 0 Å².